The number of nitrogens with zero attached hydrogens (tertiary/aromatic N) is 1. The molecule has 0 spiro atoms. The minimum Gasteiger partial charge on any atom is -0.308 e. The number of hydrogen-bond acceptors (Lipinski definition) is 3. The van der Waals surface area contributed by atoms with Crippen LogP contribution in [0.5, 0.6) is 0 Å². The molecule has 2 amide bonds. The quantitative estimate of drug-likeness (QED) is 0.656. The molecule has 4 nitrogen and oxygen atoms in total. The maximum Gasteiger partial charge on any atom is 0.324 e. The maximum absolute atomic E-state index is 12.3. The van der Waals surface area contributed by atoms with Gasteiger partial charge in [-0.05, 0) is 54.4 Å². The summed E-state index contributed by atoms with van der Waals surface area (Å²) in [6.45, 7) is 6.79. The molecule has 2 aromatic rings. The third-order valence-electron chi connectivity index (χ3n) is 4.91. The second-order valence-electron chi connectivity index (χ2n) is 7.71. The van der Waals surface area contributed by atoms with Crippen LogP contribution in [-0.4, -0.2) is 6.03 Å². The number of carbonyl (C=O) groups is 1. The van der Waals surface area contributed by atoms with E-state index < -0.39 is 0 Å². The van der Waals surface area contributed by atoms with Crippen LogP contribution in [0, 0.1) is 22.7 Å². The predicted octanol–water partition coefficient (Wildman–Crippen LogP) is 6.07. The first-order chi connectivity index (χ1) is 12.3. The van der Waals surface area contributed by atoms with E-state index in [0.29, 0.717) is 27.2 Å². The molecule has 0 bridgehead atoms. The lowest BCUT2D eigenvalue weighted by Gasteiger charge is -2.33. The Hall–Kier alpha value is -2.03. The molecule has 1 aromatic heterocycles. The zero-order valence-electron chi connectivity index (χ0n) is 15.1. The van der Waals surface area contributed by atoms with E-state index in [-0.39, 0.29) is 11.4 Å². The second kappa shape index (κ2) is 7.30. The van der Waals surface area contributed by atoms with E-state index >= 15 is 0 Å². The average Bonchev–Trinajstić information content (AvgIpc) is 2.89. The second-order valence-corrected chi connectivity index (χ2v) is 9.26. The van der Waals surface area contributed by atoms with Gasteiger partial charge >= 0.3 is 6.03 Å². The molecule has 6 heteroatoms. The lowest BCUT2D eigenvalue weighted by molar-refractivity contribution is 0.218. The Labute approximate surface area is 163 Å². The van der Waals surface area contributed by atoms with Crippen molar-refractivity contribution in [3.05, 3.63) is 45.3 Å². The van der Waals surface area contributed by atoms with E-state index in [2.05, 4.69) is 37.5 Å². The van der Waals surface area contributed by atoms with Crippen molar-refractivity contribution >= 4 is 39.7 Å². The van der Waals surface area contributed by atoms with Crippen LogP contribution in [-0.2, 0) is 12.8 Å². The fourth-order valence-electron chi connectivity index (χ4n) is 3.36. The molecule has 26 heavy (non-hydrogen) atoms. The maximum atomic E-state index is 12.3. The van der Waals surface area contributed by atoms with Crippen molar-refractivity contribution in [1.82, 2.24) is 0 Å². The van der Waals surface area contributed by atoms with Gasteiger partial charge in [-0.3, -0.25) is 5.32 Å². The van der Waals surface area contributed by atoms with Crippen LogP contribution in [0.15, 0.2) is 24.3 Å². The van der Waals surface area contributed by atoms with Crippen LogP contribution >= 0.6 is 22.9 Å². The van der Waals surface area contributed by atoms with Gasteiger partial charge in [-0.15, -0.1) is 11.3 Å². The first-order valence-electron chi connectivity index (χ1n) is 8.66. The summed E-state index contributed by atoms with van der Waals surface area (Å²) in [7, 11) is 0. The Morgan fingerprint density at radius 2 is 2.12 bits per heavy atom. The van der Waals surface area contributed by atoms with Crippen molar-refractivity contribution in [2.45, 2.75) is 40.0 Å². The van der Waals surface area contributed by atoms with Crippen LogP contribution < -0.4 is 10.6 Å². The highest BCUT2D eigenvalue weighted by atomic mass is 35.5. The molecule has 0 radical (unpaired) electrons. The fraction of sp³-hybridized carbons (Fsp3) is 0.400. The summed E-state index contributed by atoms with van der Waals surface area (Å²) in [4.78, 5) is 13.6. The standard InChI is InChI=1S/C20H22ClN3OS/c1-20(2,3)12-7-8-15-16(11-22)18(26-17(15)9-12)24-19(25)23-14-6-4-5-13(21)10-14/h4-6,10,12H,7-9H2,1-3H3,(H2,23,24,25). The molecule has 1 aliphatic rings. The van der Waals surface area contributed by atoms with Crippen molar-refractivity contribution in [2.75, 3.05) is 10.6 Å². The number of anilines is 2. The lowest BCUT2D eigenvalue weighted by atomic mass is 9.72. The van der Waals surface area contributed by atoms with E-state index in [1.54, 1.807) is 24.3 Å². The monoisotopic (exact) mass is 387 g/mol. The number of benzene rings is 1. The number of thiophene rings is 1. The van der Waals surface area contributed by atoms with Crippen LogP contribution in [0.1, 0.15) is 43.2 Å². The molecule has 1 aliphatic carbocycles. The molecule has 1 heterocycles. The molecule has 1 atom stereocenters. The summed E-state index contributed by atoms with van der Waals surface area (Å²) < 4.78 is 0. The molecule has 0 fully saturated rings. The van der Waals surface area contributed by atoms with E-state index in [1.807, 2.05) is 0 Å². The topological polar surface area (TPSA) is 64.9 Å². The molecule has 0 aliphatic heterocycles. The van der Waals surface area contributed by atoms with Gasteiger partial charge in [-0.25, -0.2) is 4.79 Å². The Morgan fingerprint density at radius 3 is 2.77 bits per heavy atom. The molecule has 1 aromatic carbocycles. The molecule has 0 saturated carbocycles. The smallest absolute Gasteiger partial charge is 0.308 e. The van der Waals surface area contributed by atoms with Crippen molar-refractivity contribution in [3.63, 3.8) is 0 Å². The summed E-state index contributed by atoms with van der Waals surface area (Å²) in [5, 5.41) is 16.4. The van der Waals surface area contributed by atoms with E-state index in [1.165, 1.54) is 16.2 Å². The summed E-state index contributed by atoms with van der Waals surface area (Å²) in [6, 6.07) is 8.88. The minimum absolute atomic E-state index is 0.242. The van der Waals surface area contributed by atoms with Gasteiger partial charge in [-0.1, -0.05) is 38.4 Å². The minimum atomic E-state index is -0.366. The van der Waals surface area contributed by atoms with E-state index in [0.717, 1.165) is 24.8 Å². The molecular formula is C20H22ClN3OS. The first kappa shape index (κ1) is 18.8. The predicted molar refractivity (Wildman–Crippen MR) is 108 cm³/mol. The Kier molecular flexibility index (Phi) is 5.27. The molecular weight excluding hydrogens is 366 g/mol. The van der Waals surface area contributed by atoms with Gasteiger partial charge in [0, 0.05) is 15.6 Å². The molecule has 136 valence electrons. The van der Waals surface area contributed by atoms with Gasteiger partial charge < -0.3 is 5.32 Å². The number of halogens is 1. The summed E-state index contributed by atoms with van der Waals surface area (Å²) in [5.74, 6) is 0.591. The van der Waals surface area contributed by atoms with E-state index in [9.17, 15) is 10.1 Å². The number of fused-ring (bicyclic) bond motifs is 1. The van der Waals surface area contributed by atoms with Gasteiger partial charge in [0.25, 0.3) is 0 Å². The highest BCUT2D eigenvalue weighted by Gasteiger charge is 2.32. The highest BCUT2D eigenvalue weighted by Crippen LogP contribution is 2.44. The van der Waals surface area contributed by atoms with Crippen molar-refractivity contribution in [1.29, 1.82) is 5.26 Å². The number of nitriles is 1. The Balaban J connectivity index is 1.78. The third-order valence-corrected chi connectivity index (χ3v) is 6.32. The lowest BCUT2D eigenvalue weighted by Crippen LogP contribution is -2.26. The summed E-state index contributed by atoms with van der Waals surface area (Å²) in [6.07, 6.45) is 2.94. The van der Waals surface area contributed by atoms with Gasteiger partial charge in [0.15, 0.2) is 0 Å². The fourth-order valence-corrected chi connectivity index (χ4v) is 4.83. The van der Waals surface area contributed by atoms with Crippen molar-refractivity contribution in [3.8, 4) is 6.07 Å². The highest BCUT2D eigenvalue weighted by molar-refractivity contribution is 7.16. The molecule has 0 saturated heterocycles. The Morgan fingerprint density at radius 1 is 1.35 bits per heavy atom. The average molecular weight is 388 g/mol. The Bertz CT molecular complexity index is 876. The molecule has 3 rings (SSSR count). The van der Waals surface area contributed by atoms with Gasteiger partial charge in [-0.2, -0.15) is 5.26 Å². The van der Waals surface area contributed by atoms with Gasteiger partial charge in [0.1, 0.15) is 11.1 Å². The third kappa shape index (κ3) is 4.03. The molecule has 1 unspecified atom stereocenters. The summed E-state index contributed by atoms with van der Waals surface area (Å²) >= 11 is 7.47. The van der Waals surface area contributed by atoms with Crippen molar-refractivity contribution < 1.29 is 4.79 Å². The number of carbonyl (C=O) groups excluding carboxylic acids is 1. The largest absolute Gasteiger partial charge is 0.324 e. The van der Waals surface area contributed by atoms with Crippen LogP contribution in [0.3, 0.4) is 0 Å². The number of nitrogens with one attached hydrogen (secondary N) is 2. The van der Waals surface area contributed by atoms with Gasteiger partial charge in [0.05, 0.1) is 5.56 Å². The normalized spacial score (nSPS) is 16.5. The van der Waals surface area contributed by atoms with Crippen LogP contribution in [0.25, 0.3) is 0 Å². The zero-order chi connectivity index (χ0) is 18.9. The summed E-state index contributed by atoms with van der Waals surface area (Å²) in [5.41, 5.74) is 2.57. The first-order valence-corrected chi connectivity index (χ1v) is 9.85. The number of amides is 2. The van der Waals surface area contributed by atoms with Crippen molar-refractivity contribution in [2.24, 2.45) is 11.3 Å². The zero-order valence-corrected chi connectivity index (χ0v) is 16.7. The SMILES string of the molecule is CC(C)(C)C1CCc2c(sc(NC(=O)Nc3cccc(Cl)c3)c2C#N)C1. The molecule has 2 N–H and O–H groups in total. The van der Waals surface area contributed by atoms with Gasteiger partial charge in [0.2, 0.25) is 0 Å². The number of urea groups is 1. The number of rotatable bonds is 2. The van der Waals surface area contributed by atoms with E-state index in [4.69, 9.17) is 11.6 Å². The van der Waals surface area contributed by atoms with Crippen LogP contribution in [0.2, 0.25) is 5.02 Å². The van der Waals surface area contributed by atoms with Crippen LogP contribution in [0.4, 0.5) is 15.5 Å². The number of hydrogen-bond donors (Lipinski definition) is 2.